The van der Waals surface area contributed by atoms with Crippen molar-refractivity contribution in [3.05, 3.63) is 48.0 Å². The highest BCUT2D eigenvalue weighted by atomic mass is 19.1. The fourth-order valence-corrected chi connectivity index (χ4v) is 4.01. The molecule has 0 bridgehead atoms. The van der Waals surface area contributed by atoms with Gasteiger partial charge in [0.1, 0.15) is 5.82 Å². The highest BCUT2D eigenvalue weighted by Gasteiger charge is 2.42. The molecule has 4 rings (SSSR count). The highest BCUT2D eigenvalue weighted by molar-refractivity contribution is 5.76. The molecule has 4 nitrogen and oxygen atoms in total. The number of piperidine rings is 1. The smallest absolute Gasteiger partial charge is 0.222 e. The first kappa shape index (κ1) is 15.2. The lowest BCUT2D eigenvalue weighted by Crippen LogP contribution is -2.51. The molecule has 0 aliphatic carbocycles. The van der Waals surface area contributed by atoms with Gasteiger partial charge in [-0.05, 0) is 49.6 Å². The third-order valence-corrected chi connectivity index (χ3v) is 5.26. The number of amides is 1. The number of benzene rings is 1. The average Bonchev–Trinajstić information content (AvgIpc) is 3.06. The van der Waals surface area contributed by atoms with Gasteiger partial charge in [0, 0.05) is 31.4 Å². The minimum atomic E-state index is -0.234. The van der Waals surface area contributed by atoms with E-state index in [2.05, 4.69) is 16.0 Å². The second-order valence-electron chi connectivity index (χ2n) is 6.76. The predicted octanol–water partition coefficient (Wildman–Crippen LogP) is 3.66. The first-order valence-electron chi connectivity index (χ1n) is 8.67. The van der Waals surface area contributed by atoms with E-state index in [0.29, 0.717) is 6.42 Å². The molecule has 5 heteroatoms. The summed E-state index contributed by atoms with van der Waals surface area (Å²) in [6.45, 7) is 3.51. The van der Waals surface area contributed by atoms with Gasteiger partial charge in [0.2, 0.25) is 5.91 Å². The van der Waals surface area contributed by atoms with Crippen LogP contribution in [0.4, 0.5) is 10.1 Å². The van der Waals surface area contributed by atoms with Crippen LogP contribution in [-0.4, -0.2) is 28.5 Å². The lowest BCUT2D eigenvalue weighted by molar-refractivity contribution is -0.132. The standard InChI is InChI=1S/C19H22FN3O/c1-2-4-18(24)22-11-8-19(9-12-22)17-5-3-10-23(17)16-7-6-14(20)13-15(16)21-19/h3,5-7,10,13,21H,2,4,8-9,11-12H2,1H3. The number of hydrogen-bond acceptors (Lipinski definition) is 2. The van der Waals surface area contributed by atoms with Gasteiger partial charge in [-0.3, -0.25) is 4.79 Å². The molecule has 1 fully saturated rings. The lowest BCUT2D eigenvalue weighted by atomic mass is 9.82. The summed E-state index contributed by atoms with van der Waals surface area (Å²) in [5.74, 6) is 0.00699. The number of anilines is 1. The number of likely N-dealkylation sites (tertiary alicyclic amines) is 1. The summed E-state index contributed by atoms with van der Waals surface area (Å²) in [5, 5.41) is 3.59. The van der Waals surface area contributed by atoms with Crippen LogP contribution in [0.25, 0.3) is 5.69 Å². The number of carbonyl (C=O) groups is 1. The summed E-state index contributed by atoms with van der Waals surface area (Å²) >= 11 is 0. The van der Waals surface area contributed by atoms with Crippen molar-refractivity contribution in [2.45, 2.75) is 38.1 Å². The minimum Gasteiger partial charge on any atom is -0.372 e. The van der Waals surface area contributed by atoms with Crippen molar-refractivity contribution in [2.75, 3.05) is 18.4 Å². The summed E-state index contributed by atoms with van der Waals surface area (Å²) in [5.41, 5.74) is 2.77. The molecule has 0 radical (unpaired) electrons. The molecule has 24 heavy (non-hydrogen) atoms. The Morgan fingerprint density at radius 2 is 2.08 bits per heavy atom. The Morgan fingerprint density at radius 3 is 2.83 bits per heavy atom. The molecule has 2 aromatic rings. The molecular weight excluding hydrogens is 305 g/mol. The number of aromatic nitrogens is 1. The maximum absolute atomic E-state index is 13.7. The highest BCUT2D eigenvalue weighted by Crippen LogP contribution is 2.43. The second kappa shape index (κ2) is 5.65. The Balaban J connectivity index is 1.65. The number of fused-ring (bicyclic) bond motifs is 4. The van der Waals surface area contributed by atoms with Gasteiger partial charge in [-0.1, -0.05) is 6.92 Å². The Kier molecular flexibility index (Phi) is 3.59. The molecule has 0 unspecified atom stereocenters. The van der Waals surface area contributed by atoms with E-state index in [9.17, 15) is 9.18 Å². The van der Waals surface area contributed by atoms with Gasteiger partial charge < -0.3 is 14.8 Å². The summed E-state index contributed by atoms with van der Waals surface area (Å²) in [4.78, 5) is 14.1. The second-order valence-corrected chi connectivity index (χ2v) is 6.76. The Morgan fingerprint density at radius 1 is 1.29 bits per heavy atom. The Bertz CT molecular complexity index is 775. The lowest BCUT2D eigenvalue weighted by Gasteiger charge is -2.46. The molecule has 0 atom stereocenters. The van der Waals surface area contributed by atoms with Crippen molar-refractivity contribution in [3.63, 3.8) is 0 Å². The molecule has 3 heterocycles. The third kappa shape index (κ3) is 2.30. The fraction of sp³-hybridized carbons (Fsp3) is 0.421. The zero-order chi connectivity index (χ0) is 16.7. The molecule has 126 valence electrons. The number of nitrogens with one attached hydrogen (secondary N) is 1. The predicted molar refractivity (Wildman–Crippen MR) is 91.7 cm³/mol. The van der Waals surface area contributed by atoms with Crippen LogP contribution < -0.4 is 5.32 Å². The van der Waals surface area contributed by atoms with Crippen molar-refractivity contribution < 1.29 is 9.18 Å². The number of carbonyl (C=O) groups excluding carboxylic acids is 1. The normalized spacial score (nSPS) is 18.0. The van der Waals surface area contributed by atoms with Crippen LogP contribution in [0.3, 0.4) is 0 Å². The first-order chi connectivity index (χ1) is 11.6. The van der Waals surface area contributed by atoms with E-state index >= 15 is 0 Å². The molecule has 0 saturated carbocycles. The average molecular weight is 327 g/mol. The molecular formula is C19H22FN3O. The molecule has 2 aliphatic heterocycles. The summed E-state index contributed by atoms with van der Waals surface area (Å²) in [7, 11) is 0. The maximum Gasteiger partial charge on any atom is 0.222 e. The van der Waals surface area contributed by atoms with E-state index in [1.165, 1.54) is 11.8 Å². The Hall–Kier alpha value is -2.30. The van der Waals surface area contributed by atoms with Crippen molar-refractivity contribution in [2.24, 2.45) is 0 Å². The Labute approximate surface area is 141 Å². The fourth-order valence-electron chi connectivity index (χ4n) is 4.01. The van der Waals surface area contributed by atoms with E-state index in [1.54, 1.807) is 6.07 Å². The molecule has 1 amide bonds. The zero-order valence-corrected chi connectivity index (χ0v) is 13.9. The molecule has 2 aliphatic rings. The quantitative estimate of drug-likeness (QED) is 0.914. The van der Waals surface area contributed by atoms with Gasteiger partial charge in [-0.25, -0.2) is 4.39 Å². The van der Waals surface area contributed by atoms with E-state index in [0.717, 1.165) is 43.7 Å². The van der Waals surface area contributed by atoms with E-state index < -0.39 is 0 Å². The number of rotatable bonds is 2. The van der Waals surface area contributed by atoms with Crippen molar-refractivity contribution >= 4 is 11.6 Å². The van der Waals surface area contributed by atoms with Crippen LogP contribution in [0, 0.1) is 5.82 Å². The van der Waals surface area contributed by atoms with Gasteiger partial charge in [-0.15, -0.1) is 0 Å². The van der Waals surface area contributed by atoms with Gasteiger partial charge >= 0.3 is 0 Å². The van der Waals surface area contributed by atoms with Crippen LogP contribution in [0.1, 0.15) is 38.3 Å². The van der Waals surface area contributed by atoms with Crippen LogP contribution in [0.2, 0.25) is 0 Å². The topological polar surface area (TPSA) is 37.3 Å². The summed E-state index contributed by atoms with van der Waals surface area (Å²) in [6.07, 6.45) is 5.20. The van der Waals surface area contributed by atoms with Crippen LogP contribution in [0.15, 0.2) is 36.5 Å². The molecule has 1 saturated heterocycles. The van der Waals surface area contributed by atoms with E-state index in [1.807, 2.05) is 30.2 Å². The van der Waals surface area contributed by atoms with Crippen molar-refractivity contribution in [1.29, 1.82) is 0 Å². The minimum absolute atomic E-state index is 0.229. The van der Waals surface area contributed by atoms with Gasteiger partial charge in [0.25, 0.3) is 0 Å². The molecule has 1 aromatic heterocycles. The van der Waals surface area contributed by atoms with Gasteiger partial charge in [0.15, 0.2) is 0 Å². The zero-order valence-electron chi connectivity index (χ0n) is 13.9. The molecule has 1 spiro atoms. The monoisotopic (exact) mass is 327 g/mol. The number of hydrogen-bond donors (Lipinski definition) is 1. The van der Waals surface area contributed by atoms with Crippen LogP contribution in [-0.2, 0) is 10.3 Å². The summed E-state index contributed by atoms with van der Waals surface area (Å²) in [6, 6.07) is 9.03. The van der Waals surface area contributed by atoms with Gasteiger partial charge in [0.05, 0.1) is 16.9 Å². The van der Waals surface area contributed by atoms with Gasteiger partial charge in [-0.2, -0.15) is 0 Å². The third-order valence-electron chi connectivity index (χ3n) is 5.26. The van der Waals surface area contributed by atoms with Crippen LogP contribution >= 0.6 is 0 Å². The van der Waals surface area contributed by atoms with Crippen molar-refractivity contribution in [3.8, 4) is 5.69 Å². The van der Waals surface area contributed by atoms with E-state index in [4.69, 9.17) is 0 Å². The van der Waals surface area contributed by atoms with Crippen molar-refractivity contribution in [1.82, 2.24) is 9.47 Å². The molecule has 1 aromatic carbocycles. The first-order valence-corrected chi connectivity index (χ1v) is 8.67. The van der Waals surface area contributed by atoms with Crippen LogP contribution in [0.5, 0.6) is 0 Å². The van der Waals surface area contributed by atoms with E-state index in [-0.39, 0.29) is 17.3 Å². The summed E-state index contributed by atoms with van der Waals surface area (Å²) < 4.78 is 15.9. The SMILES string of the molecule is CCCC(=O)N1CCC2(CC1)Nc1cc(F)ccc1-n1cccc12. The number of halogens is 1. The molecule has 1 N–H and O–H groups in total. The number of nitrogens with zero attached hydrogens (tertiary/aromatic N) is 2. The maximum atomic E-state index is 13.7. The largest absolute Gasteiger partial charge is 0.372 e.